The van der Waals surface area contributed by atoms with Gasteiger partial charge in [0.25, 0.3) is 5.91 Å². The van der Waals surface area contributed by atoms with Gasteiger partial charge in [-0.1, -0.05) is 30.7 Å². The van der Waals surface area contributed by atoms with Crippen molar-refractivity contribution < 1.29 is 19.0 Å². The molecule has 0 bridgehead atoms. The molecule has 0 radical (unpaired) electrons. The summed E-state index contributed by atoms with van der Waals surface area (Å²) in [6, 6.07) is 14.9. The zero-order valence-corrected chi connectivity index (χ0v) is 15.8. The summed E-state index contributed by atoms with van der Waals surface area (Å²) in [5, 5.41) is 2.94. The Kier molecular flexibility index (Phi) is 7.33. The molecule has 1 N–H and O–H groups in total. The van der Waals surface area contributed by atoms with Gasteiger partial charge in [0.1, 0.15) is 23.9 Å². The molecule has 5 heteroatoms. The van der Waals surface area contributed by atoms with Crippen LogP contribution in [0.5, 0.6) is 17.2 Å². The van der Waals surface area contributed by atoms with E-state index < -0.39 is 6.10 Å². The number of ether oxygens (including phenoxy) is 3. The lowest BCUT2D eigenvalue weighted by atomic mass is 10.2. The standard InChI is InChI=1S/C21H27NO4/c1-5-20(26-19-8-6-7-18(13-19)24-4)21(23)22-16(3)14-25-17-11-9-15(2)10-12-17/h6-13,16,20H,5,14H2,1-4H3,(H,22,23). The van der Waals surface area contributed by atoms with Crippen molar-refractivity contribution >= 4 is 5.91 Å². The summed E-state index contributed by atoms with van der Waals surface area (Å²) in [7, 11) is 1.60. The van der Waals surface area contributed by atoms with E-state index in [1.165, 1.54) is 5.56 Å². The van der Waals surface area contributed by atoms with Gasteiger partial charge in [-0.15, -0.1) is 0 Å². The van der Waals surface area contributed by atoms with Crippen molar-refractivity contribution in [3.05, 3.63) is 54.1 Å². The minimum absolute atomic E-state index is 0.133. The van der Waals surface area contributed by atoms with Crippen LogP contribution in [0.15, 0.2) is 48.5 Å². The molecule has 0 aromatic heterocycles. The van der Waals surface area contributed by atoms with Gasteiger partial charge in [0.05, 0.1) is 13.2 Å². The first-order valence-electron chi connectivity index (χ1n) is 8.82. The molecular weight excluding hydrogens is 330 g/mol. The number of amides is 1. The SMILES string of the molecule is CCC(Oc1cccc(OC)c1)C(=O)NC(C)COc1ccc(C)cc1. The van der Waals surface area contributed by atoms with Crippen molar-refractivity contribution in [2.45, 2.75) is 39.3 Å². The molecule has 2 unspecified atom stereocenters. The number of carbonyl (C=O) groups excluding carboxylic acids is 1. The van der Waals surface area contributed by atoms with Crippen LogP contribution in [0, 0.1) is 6.92 Å². The van der Waals surface area contributed by atoms with Crippen LogP contribution in [0.25, 0.3) is 0 Å². The average Bonchev–Trinajstić information content (AvgIpc) is 2.65. The number of rotatable bonds is 9. The predicted molar refractivity (Wildman–Crippen MR) is 102 cm³/mol. The van der Waals surface area contributed by atoms with E-state index in [1.807, 2.05) is 63.2 Å². The van der Waals surface area contributed by atoms with Gasteiger partial charge in [-0.3, -0.25) is 4.79 Å². The molecule has 0 fully saturated rings. The molecule has 0 aliphatic heterocycles. The van der Waals surface area contributed by atoms with Crippen LogP contribution in [0.4, 0.5) is 0 Å². The molecule has 0 saturated carbocycles. The van der Waals surface area contributed by atoms with Crippen LogP contribution >= 0.6 is 0 Å². The van der Waals surface area contributed by atoms with Crippen molar-refractivity contribution in [3.63, 3.8) is 0 Å². The Bertz CT molecular complexity index is 699. The molecule has 0 spiro atoms. The number of hydrogen-bond acceptors (Lipinski definition) is 4. The van der Waals surface area contributed by atoms with E-state index in [1.54, 1.807) is 13.2 Å². The highest BCUT2D eigenvalue weighted by Gasteiger charge is 2.20. The maximum absolute atomic E-state index is 12.5. The van der Waals surface area contributed by atoms with Gasteiger partial charge in [0.15, 0.2) is 6.10 Å². The fourth-order valence-corrected chi connectivity index (χ4v) is 2.39. The Labute approximate surface area is 155 Å². The maximum Gasteiger partial charge on any atom is 0.261 e. The van der Waals surface area contributed by atoms with Crippen molar-refractivity contribution in [2.75, 3.05) is 13.7 Å². The maximum atomic E-state index is 12.5. The number of methoxy groups -OCH3 is 1. The first-order chi connectivity index (χ1) is 12.5. The van der Waals surface area contributed by atoms with Gasteiger partial charge in [0, 0.05) is 6.07 Å². The quantitative estimate of drug-likeness (QED) is 0.743. The van der Waals surface area contributed by atoms with Crippen LogP contribution < -0.4 is 19.5 Å². The highest BCUT2D eigenvalue weighted by molar-refractivity contribution is 5.81. The normalized spacial score (nSPS) is 12.8. The fraction of sp³-hybridized carbons (Fsp3) is 0.381. The summed E-state index contributed by atoms with van der Waals surface area (Å²) in [6.07, 6.45) is -0.00173. The van der Waals surface area contributed by atoms with E-state index in [-0.39, 0.29) is 11.9 Å². The summed E-state index contributed by atoms with van der Waals surface area (Å²) in [5.41, 5.74) is 1.18. The third-order valence-corrected chi connectivity index (χ3v) is 3.89. The second-order valence-electron chi connectivity index (χ2n) is 6.23. The molecule has 2 atom stereocenters. The number of hydrogen-bond donors (Lipinski definition) is 1. The number of benzene rings is 2. The molecule has 0 aliphatic rings. The fourth-order valence-electron chi connectivity index (χ4n) is 2.39. The van der Waals surface area contributed by atoms with Gasteiger partial charge in [0.2, 0.25) is 0 Å². The molecule has 0 aliphatic carbocycles. The number of carbonyl (C=O) groups is 1. The van der Waals surface area contributed by atoms with Gasteiger partial charge in [-0.2, -0.15) is 0 Å². The van der Waals surface area contributed by atoms with Crippen molar-refractivity contribution in [1.29, 1.82) is 0 Å². The van der Waals surface area contributed by atoms with Crippen LogP contribution in [0.3, 0.4) is 0 Å². The van der Waals surface area contributed by atoms with E-state index in [0.29, 0.717) is 24.5 Å². The lowest BCUT2D eigenvalue weighted by molar-refractivity contribution is -0.128. The van der Waals surface area contributed by atoms with Gasteiger partial charge >= 0.3 is 0 Å². The summed E-state index contributed by atoms with van der Waals surface area (Å²) in [6.45, 7) is 6.24. The topological polar surface area (TPSA) is 56.8 Å². The Hall–Kier alpha value is -2.69. The molecule has 2 aromatic rings. The predicted octanol–water partition coefficient (Wildman–Crippen LogP) is 3.74. The average molecular weight is 357 g/mol. The molecule has 0 heterocycles. The first-order valence-corrected chi connectivity index (χ1v) is 8.82. The summed E-state index contributed by atoms with van der Waals surface area (Å²) in [5.74, 6) is 1.93. The lowest BCUT2D eigenvalue weighted by Gasteiger charge is -2.21. The Balaban J connectivity index is 1.85. The second-order valence-corrected chi connectivity index (χ2v) is 6.23. The summed E-state index contributed by atoms with van der Waals surface area (Å²) >= 11 is 0. The highest BCUT2D eigenvalue weighted by atomic mass is 16.5. The third-order valence-electron chi connectivity index (χ3n) is 3.89. The number of aryl methyl sites for hydroxylation is 1. The van der Waals surface area contributed by atoms with E-state index in [9.17, 15) is 4.79 Å². The van der Waals surface area contributed by atoms with Crippen LogP contribution in [0.1, 0.15) is 25.8 Å². The van der Waals surface area contributed by atoms with E-state index in [2.05, 4.69) is 5.32 Å². The van der Waals surface area contributed by atoms with Crippen LogP contribution in [-0.4, -0.2) is 31.8 Å². The molecular formula is C21H27NO4. The minimum atomic E-state index is -0.566. The van der Waals surface area contributed by atoms with Gasteiger partial charge in [-0.25, -0.2) is 0 Å². The van der Waals surface area contributed by atoms with Crippen LogP contribution in [-0.2, 0) is 4.79 Å². The van der Waals surface area contributed by atoms with Gasteiger partial charge in [-0.05, 0) is 44.5 Å². The third kappa shape index (κ3) is 5.99. The van der Waals surface area contributed by atoms with Crippen LogP contribution in [0.2, 0.25) is 0 Å². The van der Waals surface area contributed by atoms with Crippen molar-refractivity contribution in [2.24, 2.45) is 0 Å². The molecule has 5 nitrogen and oxygen atoms in total. The summed E-state index contributed by atoms with van der Waals surface area (Å²) < 4.78 is 16.7. The van der Waals surface area contributed by atoms with E-state index in [4.69, 9.17) is 14.2 Å². The highest BCUT2D eigenvalue weighted by Crippen LogP contribution is 2.20. The molecule has 2 aromatic carbocycles. The summed E-state index contributed by atoms with van der Waals surface area (Å²) in [4.78, 5) is 12.5. The lowest BCUT2D eigenvalue weighted by Crippen LogP contribution is -2.44. The zero-order chi connectivity index (χ0) is 18.9. The molecule has 1 amide bonds. The molecule has 0 saturated heterocycles. The molecule has 26 heavy (non-hydrogen) atoms. The van der Waals surface area contributed by atoms with Crippen molar-refractivity contribution in [1.82, 2.24) is 5.32 Å². The Morgan fingerprint density at radius 1 is 1.08 bits per heavy atom. The smallest absolute Gasteiger partial charge is 0.261 e. The van der Waals surface area contributed by atoms with Crippen molar-refractivity contribution in [3.8, 4) is 17.2 Å². The number of nitrogens with one attached hydrogen (secondary N) is 1. The van der Waals surface area contributed by atoms with Gasteiger partial charge < -0.3 is 19.5 Å². The Morgan fingerprint density at radius 3 is 2.42 bits per heavy atom. The van der Waals surface area contributed by atoms with E-state index in [0.717, 1.165) is 5.75 Å². The minimum Gasteiger partial charge on any atom is -0.497 e. The second kappa shape index (κ2) is 9.70. The molecule has 2 rings (SSSR count). The largest absolute Gasteiger partial charge is 0.497 e. The Morgan fingerprint density at radius 2 is 1.77 bits per heavy atom. The monoisotopic (exact) mass is 357 g/mol. The zero-order valence-electron chi connectivity index (χ0n) is 15.8. The molecule has 140 valence electrons. The van der Waals surface area contributed by atoms with E-state index >= 15 is 0 Å². The first kappa shape index (κ1) is 19.6.